The van der Waals surface area contributed by atoms with E-state index in [9.17, 15) is 15.3 Å². The van der Waals surface area contributed by atoms with Crippen molar-refractivity contribution in [3.8, 4) is 5.75 Å². The van der Waals surface area contributed by atoms with Crippen LogP contribution < -0.4 is 0 Å². The van der Waals surface area contributed by atoms with E-state index in [4.69, 9.17) is 0 Å². The number of benzene rings is 1. The number of phenolic OH excluding ortho intramolecular Hbond substituents is 1. The smallest absolute Gasteiger partial charge is 0.121 e. The van der Waals surface area contributed by atoms with Gasteiger partial charge in [0.25, 0.3) is 0 Å². The Balaban J connectivity index is 2.33. The highest BCUT2D eigenvalue weighted by molar-refractivity contribution is 5.80. The highest BCUT2D eigenvalue weighted by Crippen LogP contribution is 2.29. The van der Waals surface area contributed by atoms with E-state index in [0.29, 0.717) is 24.2 Å². The third-order valence-corrected chi connectivity index (χ3v) is 5.04. The Kier molecular flexibility index (Phi) is 8.37. The van der Waals surface area contributed by atoms with Gasteiger partial charge in [-0.3, -0.25) is 4.98 Å². The number of hydrogen-bond donors (Lipinski definition) is 3. The lowest BCUT2D eigenvalue weighted by molar-refractivity contribution is 0.202. The van der Waals surface area contributed by atoms with E-state index in [-0.39, 0.29) is 6.61 Å². The van der Waals surface area contributed by atoms with Gasteiger partial charge in [0, 0.05) is 6.20 Å². The Morgan fingerprint density at radius 2 is 1.90 bits per heavy atom. The molecule has 0 saturated carbocycles. The molecule has 1 heterocycles. The van der Waals surface area contributed by atoms with Gasteiger partial charge in [0.05, 0.1) is 18.4 Å². The number of phenols is 1. The molecule has 0 aliphatic rings. The maximum atomic E-state index is 10.7. The number of aromatic nitrogens is 1. The minimum absolute atomic E-state index is 0.125. The molecule has 0 amide bonds. The maximum absolute atomic E-state index is 10.7. The van der Waals surface area contributed by atoms with E-state index >= 15 is 0 Å². The van der Waals surface area contributed by atoms with E-state index in [1.165, 1.54) is 0 Å². The van der Waals surface area contributed by atoms with Crippen LogP contribution in [0.3, 0.4) is 0 Å². The molecule has 1 aromatic carbocycles. The van der Waals surface area contributed by atoms with Crippen LogP contribution in [0.1, 0.15) is 48.6 Å². The molecule has 1 atom stereocenters. The van der Waals surface area contributed by atoms with Crippen LogP contribution in [0.15, 0.2) is 60.3 Å². The Hall–Kier alpha value is -2.69. The number of allylic oxidation sites excluding steroid dienone is 1. The van der Waals surface area contributed by atoms with Crippen molar-refractivity contribution in [2.75, 3.05) is 6.61 Å². The zero-order chi connectivity index (χ0) is 21.4. The number of aliphatic hydroxyl groups excluding tert-OH is 2. The molecule has 0 fully saturated rings. The SMILES string of the molecule is C=C(CC)/C(=C/CO)C(O)CC/C(=C/c1cc(C)c(O)c(C)c1)c1ccccn1. The topological polar surface area (TPSA) is 73.6 Å². The molecule has 0 aliphatic carbocycles. The minimum Gasteiger partial charge on any atom is -0.507 e. The van der Waals surface area contributed by atoms with Crippen LogP contribution in [-0.4, -0.2) is 33.0 Å². The van der Waals surface area contributed by atoms with Crippen molar-refractivity contribution in [2.24, 2.45) is 0 Å². The summed E-state index contributed by atoms with van der Waals surface area (Å²) in [5.41, 5.74) is 6.02. The van der Waals surface area contributed by atoms with Gasteiger partial charge in [-0.05, 0) is 96.9 Å². The van der Waals surface area contributed by atoms with E-state index in [0.717, 1.165) is 40.0 Å². The number of hydrogen-bond acceptors (Lipinski definition) is 4. The quantitative estimate of drug-likeness (QED) is 0.526. The second kappa shape index (κ2) is 10.7. The van der Waals surface area contributed by atoms with Gasteiger partial charge in [-0.15, -0.1) is 0 Å². The van der Waals surface area contributed by atoms with Crippen LogP contribution in [0.2, 0.25) is 0 Å². The van der Waals surface area contributed by atoms with Crippen molar-refractivity contribution >= 4 is 11.6 Å². The summed E-state index contributed by atoms with van der Waals surface area (Å²) < 4.78 is 0. The van der Waals surface area contributed by atoms with Gasteiger partial charge < -0.3 is 15.3 Å². The zero-order valence-electron chi connectivity index (χ0n) is 17.5. The lowest BCUT2D eigenvalue weighted by atomic mass is 9.93. The summed E-state index contributed by atoms with van der Waals surface area (Å²) in [6.07, 6.45) is 6.55. The van der Waals surface area contributed by atoms with Gasteiger partial charge in [0.15, 0.2) is 0 Å². The lowest BCUT2D eigenvalue weighted by Gasteiger charge is -2.18. The van der Waals surface area contributed by atoms with Crippen molar-refractivity contribution in [1.29, 1.82) is 0 Å². The number of aromatic hydroxyl groups is 1. The first kappa shape index (κ1) is 22.6. The standard InChI is InChI=1S/C25H31NO3/c1-5-17(2)22(11-13-27)24(28)10-9-21(23-8-6-7-12-26-23)16-20-14-18(3)25(29)19(4)15-20/h6-8,11-12,14-16,24,27-29H,2,5,9-10,13H2,1,3-4H3/b21-16-,22-11-. The highest BCUT2D eigenvalue weighted by atomic mass is 16.3. The Bertz CT molecular complexity index is 875. The Morgan fingerprint density at radius 3 is 2.45 bits per heavy atom. The second-order valence-electron chi connectivity index (χ2n) is 7.24. The van der Waals surface area contributed by atoms with Gasteiger partial charge in [-0.1, -0.05) is 25.6 Å². The van der Waals surface area contributed by atoms with Crippen LogP contribution >= 0.6 is 0 Å². The molecule has 154 valence electrons. The van der Waals surface area contributed by atoms with E-state index in [1.807, 2.05) is 51.1 Å². The predicted molar refractivity (Wildman–Crippen MR) is 120 cm³/mol. The first-order valence-electron chi connectivity index (χ1n) is 9.96. The van der Waals surface area contributed by atoms with Gasteiger partial charge in [0.2, 0.25) is 0 Å². The average Bonchev–Trinajstić information content (AvgIpc) is 2.72. The van der Waals surface area contributed by atoms with E-state index < -0.39 is 6.10 Å². The minimum atomic E-state index is -0.704. The summed E-state index contributed by atoms with van der Waals surface area (Å²) in [5, 5.41) is 30.0. The van der Waals surface area contributed by atoms with Crippen LogP contribution in [0.5, 0.6) is 5.75 Å². The molecule has 4 nitrogen and oxygen atoms in total. The monoisotopic (exact) mass is 393 g/mol. The molecule has 1 aromatic heterocycles. The molecule has 4 heteroatoms. The van der Waals surface area contributed by atoms with Crippen molar-refractivity contribution in [2.45, 2.75) is 46.1 Å². The van der Waals surface area contributed by atoms with Gasteiger partial charge >= 0.3 is 0 Å². The first-order chi connectivity index (χ1) is 13.9. The van der Waals surface area contributed by atoms with Crippen LogP contribution in [0.25, 0.3) is 11.6 Å². The van der Waals surface area contributed by atoms with Crippen molar-refractivity contribution < 1.29 is 15.3 Å². The molecule has 0 radical (unpaired) electrons. The molecule has 0 aliphatic heterocycles. The third-order valence-electron chi connectivity index (χ3n) is 5.04. The Labute approximate surface area is 173 Å². The fraction of sp³-hybridized carbons (Fsp3) is 0.320. The van der Waals surface area contributed by atoms with Gasteiger partial charge in [-0.25, -0.2) is 0 Å². The van der Waals surface area contributed by atoms with E-state index in [1.54, 1.807) is 12.3 Å². The summed E-state index contributed by atoms with van der Waals surface area (Å²) in [6.45, 7) is 9.62. The second-order valence-corrected chi connectivity index (χ2v) is 7.24. The van der Waals surface area contributed by atoms with Crippen LogP contribution in [0, 0.1) is 13.8 Å². The fourth-order valence-electron chi connectivity index (χ4n) is 3.37. The van der Waals surface area contributed by atoms with Crippen LogP contribution in [-0.2, 0) is 0 Å². The highest BCUT2D eigenvalue weighted by Gasteiger charge is 2.15. The first-order valence-corrected chi connectivity index (χ1v) is 9.96. The summed E-state index contributed by atoms with van der Waals surface area (Å²) in [6, 6.07) is 9.65. The molecular weight excluding hydrogens is 362 g/mol. The number of aliphatic hydroxyl groups is 2. The molecule has 0 bridgehead atoms. The van der Waals surface area contributed by atoms with Crippen molar-refractivity contribution in [1.82, 2.24) is 4.98 Å². The predicted octanol–water partition coefficient (Wildman–Crippen LogP) is 4.97. The van der Waals surface area contributed by atoms with Crippen LogP contribution in [0.4, 0.5) is 0 Å². The molecular formula is C25H31NO3. The fourth-order valence-corrected chi connectivity index (χ4v) is 3.37. The lowest BCUT2D eigenvalue weighted by Crippen LogP contribution is -2.13. The normalized spacial score (nSPS) is 13.4. The third kappa shape index (κ3) is 6.14. The number of rotatable bonds is 9. The average molecular weight is 394 g/mol. The molecule has 29 heavy (non-hydrogen) atoms. The Morgan fingerprint density at radius 1 is 1.21 bits per heavy atom. The molecule has 2 rings (SSSR count). The zero-order valence-corrected chi connectivity index (χ0v) is 17.5. The van der Waals surface area contributed by atoms with Gasteiger partial charge in [0.1, 0.15) is 5.75 Å². The van der Waals surface area contributed by atoms with Crippen molar-refractivity contribution in [3.05, 3.63) is 82.7 Å². The van der Waals surface area contributed by atoms with Crippen molar-refractivity contribution in [3.63, 3.8) is 0 Å². The number of nitrogens with zero attached hydrogens (tertiary/aromatic N) is 1. The summed E-state index contributed by atoms with van der Waals surface area (Å²) in [7, 11) is 0. The molecule has 0 spiro atoms. The summed E-state index contributed by atoms with van der Waals surface area (Å²) in [5.74, 6) is 0.314. The van der Waals surface area contributed by atoms with E-state index in [2.05, 4.69) is 17.6 Å². The van der Waals surface area contributed by atoms with Gasteiger partial charge in [-0.2, -0.15) is 0 Å². The summed E-state index contributed by atoms with van der Waals surface area (Å²) >= 11 is 0. The molecule has 2 aromatic rings. The molecule has 3 N–H and O–H groups in total. The summed E-state index contributed by atoms with van der Waals surface area (Å²) in [4.78, 5) is 4.48. The maximum Gasteiger partial charge on any atom is 0.121 e. The number of aryl methyl sites for hydroxylation is 2. The molecule has 0 saturated heterocycles. The largest absolute Gasteiger partial charge is 0.507 e. The number of pyridine rings is 1. The molecule has 1 unspecified atom stereocenters.